The molecule has 1 heterocycles. The molecule has 1 aliphatic carbocycles. The van der Waals surface area contributed by atoms with Crippen molar-refractivity contribution in [3.63, 3.8) is 0 Å². The first kappa shape index (κ1) is 13.8. The maximum Gasteiger partial charge on any atom is 0.295 e. The van der Waals surface area contributed by atoms with Crippen LogP contribution in [0.1, 0.15) is 25.7 Å². The lowest BCUT2D eigenvalue weighted by Crippen LogP contribution is -2.33. The number of rotatable bonds is 3. The summed E-state index contributed by atoms with van der Waals surface area (Å²) >= 11 is 0. The van der Waals surface area contributed by atoms with E-state index in [-0.39, 0.29) is 17.8 Å². The molecule has 110 valence electrons. The van der Waals surface area contributed by atoms with E-state index in [4.69, 9.17) is 10.5 Å². The van der Waals surface area contributed by atoms with Crippen LogP contribution in [0.2, 0.25) is 0 Å². The number of hydrogen-bond acceptors (Lipinski definition) is 5. The van der Waals surface area contributed by atoms with Crippen LogP contribution in [0, 0.1) is 10.1 Å². The Morgan fingerprint density at radius 2 is 2.19 bits per heavy atom. The van der Waals surface area contributed by atoms with Gasteiger partial charge in [-0.15, -0.1) is 0 Å². The van der Waals surface area contributed by atoms with Crippen LogP contribution in [0.25, 0.3) is 10.9 Å². The first-order chi connectivity index (χ1) is 10.1. The molecule has 1 aliphatic rings. The van der Waals surface area contributed by atoms with Gasteiger partial charge in [0.05, 0.1) is 4.92 Å². The van der Waals surface area contributed by atoms with E-state index in [1.54, 1.807) is 24.4 Å². The Labute approximate surface area is 122 Å². The van der Waals surface area contributed by atoms with E-state index in [9.17, 15) is 10.1 Å². The number of hydrogen-bond donors (Lipinski definition) is 1. The zero-order valence-corrected chi connectivity index (χ0v) is 11.6. The van der Waals surface area contributed by atoms with Gasteiger partial charge in [0.15, 0.2) is 5.52 Å². The standard InChI is InChI=1S/C15H17N3O3/c16-10-3-1-4-11(9-10)21-14-7-6-13(18(19)20)15-12(14)5-2-8-17-15/h2,5-8,10-11H,1,3-4,9,16H2. The third-order valence-electron chi connectivity index (χ3n) is 3.87. The Hall–Kier alpha value is -2.21. The summed E-state index contributed by atoms with van der Waals surface area (Å²) in [6, 6.07) is 6.83. The Balaban J connectivity index is 1.96. The van der Waals surface area contributed by atoms with Crippen LogP contribution in [0.15, 0.2) is 30.5 Å². The first-order valence-electron chi connectivity index (χ1n) is 7.09. The van der Waals surface area contributed by atoms with Crippen LogP contribution in [0.3, 0.4) is 0 Å². The van der Waals surface area contributed by atoms with Gasteiger partial charge in [-0.2, -0.15) is 0 Å². The van der Waals surface area contributed by atoms with Crippen molar-refractivity contribution >= 4 is 16.6 Å². The van der Waals surface area contributed by atoms with E-state index in [1.165, 1.54) is 6.07 Å². The lowest BCUT2D eigenvalue weighted by Gasteiger charge is -2.27. The van der Waals surface area contributed by atoms with E-state index < -0.39 is 4.92 Å². The fraction of sp³-hybridized carbons (Fsp3) is 0.400. The summed E-state index contributed by atoms with van der Waals surface area (Å²) in [5.41, 5.74) is 6.33. The van der Waals surface area contributed by atoms with Crippen LogP contribution in [0.5, 0.6) is 5.75 Å². The van der Waals surface area contributed by atoms with Crippen molar-refractivity contribution in [2.75, 3.05) is 0 Å². The molecule has 6 nitrogen and oxygen atoms in total. The molecule has 6 heteroatoms. The molecule has 3 rings (SSSR count). The van der Waals surface area contributed by atoms with Gasteiger partial charge in [0.2, 0.25) is 0 Å². The quantitative estimate of drug-likeness (QED) is 0.692. The number of nitrogens with two attached hydrogens (primary N) is 1. The minimum atomic E-state index is -0.421. The average Bonchev–Trinajstić information content (AvgIpc) is 2.47. The summed E-state index contributed by atoms with van der Waals surface area (Å²) in [5.74, 6) is 0.641. The van der Waals surface area contributed by atoms with Crippen molar-refractivity contribution in [2.24, 2.45) is 5.73 Å². The van der Waals surface area contributed by atoms with E-state index >= 15 is 0 Å². The molecule has 2 N–H and O–H groups in total. The lowest BCUT2D eigenvalue weighted by molar-refractivity contribution is -0.383. The normalized spacial score (nSPS) is 22.1. The number of nitrogens with zero attached hydrogens (tertiary/aromatic N) is 2. The van der Waals surface area contributed by atoms with Gasteiger partial charge in [-0.05, 0) is 43.9 Å². The number of nitro groups is 1. The molecule has 21 heavy (non-hydrogen) atoms. The molecule has 0 saturated heterocycles. The summed E-state index contributed by atoms with van der Waals surface area (Å²) in [7, 11) is 0. The molecular weight excluding hydrogens is 270 g/mol. The van der Waals surface area contributed by atoms with Crippen molar-refractivity contribution in [1.82, 2.24) is 4.98 Å². The minimum absolute atomic E-state index is 0.00158. The van der Waals surface area contributed by atoms with Crippen molar-refractivity contribution in [3.8, 4) is 5.75 Å². The van der Waals surface area contributed by atoms with E-state index in [0.29, 0.717) is 16.7 Å². The van der Waals surface area contributed by atoms with Gasteiger partial charge in [0, 0.05) is 23.7 Å². The summed E-state index contributed by atoms with van der Waals surface area (Å²) in [6.45, 7) is 0. The highest BCUT2D eigenvalue weighted by molar-refractivity contribution is 5.92. The lowest BCUT2D eigenvalue weighted by atomic mass is 9.93. The maximum atomic E-state index is 11.1. The minimum Gasteiger partial charge on any atom is -0.490 e. The Morgan fingerprint density at radius 3 is 2.95 bits per heavy atom. The smallest absolute Gasteiger partial charge is 0.295 e. The average molecular weight is 287 g/mol. The van der Waals surface area contributed by atoms with Crippen LogP contribution < -0.4 is 10.5 Å². The predicted molar refractivity (Wildman–Crippen MR) is 79.3 cm³/mol. The highest BCUT2D eigenvalue weighted by Crippen LogP contribution is 2.33. The molecule has 0 radical (unpaired) electrons. The van der Waals surface area contributed by atoms with Crippen LogP contribution in [-0.2, 0) is 0 Å². The first-order valence-corrected chi connectivity index (χ1v) is 7.09. The van der Waals surface area contributed by atoms with Crippen molar-refractivity contribution < 1.29 is 9.66 Å². The molecule has 0 bridgehead atoms. The van der Waals surface area contributed by atoms with Gasteiger partial charge in [0.25, 0.3) is 5.69 Å². The second kappa shape index (κ2) is 5.65. The summed E-state index contributed by atoms with van der Waals surface area (Å²) in [5, 5.41) is 11.7. The van der Waals surface area contributed by atoms with Crippen LogP contribution in [0.4, 0.5) is 5.69 Å². The molecule has 1 saturated carbocycles. The third-order valence-corrected chi connectivity index (χ3v) is 3.87. The summed E-state index contributed by atoms with van der Waals surface area (Å²) < 4.78 is 6.03. The number of benzene rings is 1. The predicted octanol–water partition coefficient (Wildman–Crippen LogP) is 2.79. The Kier molecular flexibility index (Phi) is 3.70. The summed E-state index contributed by atoms with van der Waals surface area (Å²) in [6.07, 6.45) is 5.48. The SMILES string of the molecule is NC1CCCC(Oc2ccc([N+](=O)[O-])c3ncccc23)C1. The fourth-order valence-electron chi connectivity index (χ4n) is 2.85. The largest absolute Gasteiger partial charge is 0.490 e. The highest BCUT2D eigenvalue weighted by atomic mass is 16.6. The Bertz CT molecular complexity index is 674. The summed E-state index contributed by atoms with van der Waals surface area (Å²) in [4.78, 5) is 14.8. The van der Waals surface area contributed by atoms with Crippen LogP contribution in [-0.4, -0.2) is 22.1 Å². The van der Waals surface area contributed by atoms with E-state index in [0.717, 1.165) is 25.7 Å². The number of ether oxygens (including phenoxy) is 1. The van der Waals surface area contributed by atoms with Crippen molar-refractivity contribution in [3.05, 3.63) is 40.6 Å². The zero-order chi connectivity index (χ0) is 14.8. The van der Waals surface area contributed by atoms with Gasteiger partial charge >= 0.3 is 0 Å². The zero-order valence-electron chi connectivity index (χ0n) is 11.6. The van der Waals surface area contributed by atoms with Crippen molar-refractivity contribution in [1.29, 1.82) is 0 Å². The molecule has 1 aromatic heterocycles. The van der Waals surface area contributed by atoms with Gasteiger partial charge in [0.1, 0.15) is 11.9 Å². The number of non-ortho nitro benzene ring substituents is 1. The number of fused-ring (bicyclic) bond motifs is 1. The molecule has 2 unspecified atom stereocenters. The number of nitro benzene ring substituents is 1. The Morgan fingerprint density at radius 1 is 1.33 bits per heavy atom. The molecule has 1 fully saturated rings. The molecule has 2 atom stereocenters. The topological polar surface area (TPSA) is 91.3 Å². The maximum absolute atomic E-state index is 11.1. The van der Waals surface area contributed by atoms with E-state index in [1.807, 2.05) is 0 Å². The van der Waals surface area contributed by atoms with Gasteiger partial charge < -0.3 is 10.5 Å². The molecule has 0 spiro atoms. The third kappa shape index (κ3) is 2.80. The second-order valence-corrected chi connectivity index (χ2v) is 5.41. The molecule has 2 aromatic rings. The monoisotopic (exact) mass is 287 g/mol. The number of pyridine rings is 1. The van der Waals surface area contributed by atoms with Crippen molar-refractivity contribution in [2.45, 2.75) is 37.8 Å². The van der Waals surface area contributed by atoms with Crippen LogP contribution >= 0.6 is 0 Å². The highest BCUT2D eigenvalue weighted by Gasteiger charge is 2.23. The second-order valence-electron chi connectivity index (χ2n) is 5.41. The van der Waals surface area contributed by atoms with Gasteiger partial charge in [-0.3, -0.25) is 10.1 Å². The van der Waals surface area contributed by atoms with Gasteiger partial charge in [-0.1, -0.05) is 0 Å². The molecule has 1 aromatic carbocycles. The molecule has 0 amide bonds. The van der Waals surface area contributed by atoms with Gasteiger partial charge in [-0.25, -0.2) is 4.98 Å². The number of aromatic nitrogens is 1. The fourth-order valence-corrected chi connectivity index (χ4v) is 2.85. The molecule has 0 aliphatic heterocycles. The van der Waals surface area contributed by atoms with E-state index in [2.05, 4.69) is 4.98 Å². The molecular formula is C15H17N3O3.